The van der Waals surface area contributed by atoms with Crippen molar-refractivity contribution in [1.82, 2.24) is 9.97 Å². The molecule has 148 valence electrons. The zero-order chi connectivity index (χ0) is 20.6. The third kappa shape index (κ3) is 3.49. The van der Waals surface area contributed by atoms with E-state index in [1.807, 2.05) is 72.8 Å². The van der Waals surface area contributed by atoms with Gasteiger partial charge in [0.25, 0.3) is 0 Å². The maximum atomic E-state index is 5.86. The average Bonchev–Trinajstić information content (AvgIpc) is 3.44. The Hall–Kier alpha value is -3.83. The minimum atomic E-state index is 0.639. The van der Waals surface area contributed by atoms with Gasteiger partial charge in [-0.05, 0) is 72.8 Å². The van der Waals surface area contributed by atoms with E-state index in [0.717, 1.165) is 43.1 Å². The highest BCUT2D eigenvalue weighted by Crippen LogP contribution is 2.32. The molecule has 4 nitrogen and oxygen atoms in total. The molecule has 0 aliphatic rings. The number of aromatic nitrogens is 2. The van der Waals surface area contributed by atoms with Crippen LogP contribution in [0.15, 0.2) is 116 Å². The van der Waals surface area contributed by atoms with Crippen molar-refractivity contribution in [2.75, 3.05) is 0 Å². The SMILES string of the molecule is c1ccc2oc(-c3ccc(Sc4ccc(-c5nc6ccccc6o5)cc4)cc3)nc2c1. The number of fused-ring (bicyclic) bond motifs is 2. The molecule has 0 bridgehead atoms. The second-order valence-corrected chi connectivity index (χ2v) is 8.27. The van der Waals surface area contributed by atoms with Crippen molar-refractivity contribution >= 4 is 34.0 Å². The highest BCUT2D eigenvalue weighted by atomic mass is 32.2. The van der Waals surface area contributed by atoms with Crippen molar-refractivity contribution < 1.29 is 8.83 Å². The number of para-hydroxylation sites is 4. The van der Waals surface area contributed by atoms with Crippen molar-refractivity contribution in [3.8, 4) is 22.9 Å². The quantitative estimate of drug-likeness (QED) is 0.296. The van der Waals surface area contributed by atoms with Gasteiger partial charge in [-0.25, -0.2) is 9.97 Å². The minimum Gasteiger partial charge on any atom is -0.436 e. The van der Waals surface area contributed by atoms with Gasteiger partial charge in [0, 0.05) is 20.9 Å². The summed E-state index contributed by atoms with van der Waals surface area (Å²) in [6, 6.07) is 32.1. The van der Waals surface area contributed by atoms with Crippen molar-refractivity contribution in [3.05, 3.63) is 97.1 Å². The van der Waals surface area contributed by atoms with Crippen LogP contribution in [0.3, 0.4) is 0 Å². The zero-order valence-corrected chi connectivity index (χ0v) is 17.2. The van der Waals surface area contributed by atoms with E-state index in [1.165, 1.54) is 0 Å². The van der Waals surface area contributed by atoms with Crippen molar-refractivity contribution in [3.63, 3.8) is 0 Å². The largest absolute Gasteiger partial charge is 0.436 e. The Bertz CT molecular complexity index is 1320. The first-order chi connectivity index (χ1) is 15.3. The van der Waals surface area contributed by atoms with Crippen LogP contribution in [0.25, 0.3) is 45.1 Å². The van der Waals surface area contributed by atoms with Gasteiger partial charge in [0.2, 0.25) is 11.8 Å². The predicted octanol–water partition coefficient (Wildman–Crippen LogP) is 7.45. The molecule has 0 saturated carbocycles. The first-order valence-electron chi connectivity index (χ1n) is 9.92. The van der Waals surface area contributed by atoms with E-state index in [2.05, 4.69) is 34.2 Å². The second kappa shape index (κ2) is 7.45. The molecule has 6 rings (SSSR count). The Kier molecular flexibility index (Phi) is 4.32. The maximum absolute atomic E-state index is 5.86. The summed E-state index contributed by atoms with van der Waals surface area (Å²) in [5.74, 6) is 1.28. The molecule has 0 aliphatic carbocycles. The van der Waals surface area contributed by atoms with Gasteiger partial charge in [-0.15, -0.1) is 0 Å². The number of nitrogens with zero attached hydrogens (tertiary/aromatic N) is 2. The summed E-state index contributed by atoms with van der Waals surface area (Å²) in [6.07, 6.45) is 0. The van der Waals surface area contributed by atoms with Gasteiger partial charge in [0.05, 0.1) is 0 Å². The van der Waals surface area contributed by atoms with E-state index in [0.29, 0.717) is 11.8 Å². The van der Waals surface area contributed by atoms with Gasteiger partial charge in [-0.2, -0.15) is 0 Å². The van der Waals surface area contributed by atoms with Gasteiger partial charge in [-0.3, -0.25) is 0 Å². The van der Waals surface area contributed by atoms with Crippen molar-refractivity contribution in [1.29, 1.82) is 0 Å². The molecule has 4 aromatic carbocycles. The molecule has 0 saturated heterocycles. The van der Waals surface area contributed by atoms with Gasteiger partial charge in [0.15, 0.2) is 11.2 Å². The highest BCUT2D eigenvalue weighted by Gasteiger charge is 2.09. The Morgan fingerprint density at radius 3 is 1.32 bits per heavy atom. The summed E-state index contributed by atoms with van der Waals surface area (Å²) in [4.78, 5) is 11.4. The summed E-state index contributed by atoms with van der Waals surface area (Å²) >= 11 is 1.70. The van der Waals surface area contributed by atoms with Crippen molar-refractivity contribution in [2.24, 2.45) is 0 Å². The van der Waals surface area contributed by atoms with Crippen LogP contribution in [0.4, 0.5) is 0 Å². The molecule has 6 aromatic rings. The van der Waals surface area contributed by atoms with E-state index in [4.69, 9.17) is 8.83 Å². The Morgan fingerprint density at radius 1 is 0.484 bits per heavy atom. The van der Waals surface area contributed by atoms with E-state index in [1.54, 1.807) is 11.8 Å². The number of oxazole rings is 2. The molecule has 31 heavy (non-hydrogen) atoms. The fourth-order valence-electron chi connectivity index (χ4n) is 3.46. The molecule has 0 atom stereocenters. The van der Waals surface area contributed by atoms with Crippen LogP contribution >= 0.6 is 11.8 Å². The first kappa shape index (κ1) is 18.0. The predicted molar refractivity (Wildman–Crippen MR) is 123 cm³/mol. The highest BCUT2D eigenvalue weighted by molar-refractivity contribution is 7.99. The summed E-state index contributed by atoms with van der Waals surface area (Å²) in [5, 5.41) is 0. The smallest absolute Gasteiger partial charge is 0.227 e. The number of hydrogen-bond acceptors (Lipinski definition) is 5. The van der Waals surface area contributed by atoms with Gasteiger partial charge >= 0.3 is 0 Å². The molecule has 0 fully saturated rings. The molecular formula is C26H16N2O2S. The lowest BCUT2D eigenvalue weighted by Crippen LogP contribution is -1.80. The molecule has 2 heterocycles. The lowest BCUT2D eigenvalue weighted by molar-refractivity contribution is 0.619. The number of benzene rings is 4. The molecule has 0 N–H and O–H groups in total. The molecular weight excluding hydrogens is 404 g/mol. The van der Waals surface area contributed by atoms with Crippen LogP contribution in [-0.4, -0.2) is 9.97 Å². The van der Waals surface area contributed by atoms with E-state index < -0.39 is 0 Å². The van der Waals surface area contributed by atoms with Gasteiger partial charge in [-0.1, -0.05) is 36.0 Å². The van der Waals surface area contributed by atoms with E-state index in [9.17, 15) is 0 Å². The molecule has 0 aliphatic heterocycles. The van der Waals surface area contributed by atoms with Crippen LogP contribution in [0, 0.1) is 0 Å². The van der Waals surface area contributed by atoms with Crippen LogP contribution in [0.5, 0.6) is 0 Å². The molecule has 5 heteroatoms. The van der Waals surface area contributed by atoms with Crippen molar-refractivity contribution in [2.45, 2.75) is 9.79 Å². The Labute approximate surface area is 182 Å². The monoisotopic (exact) mass is 420 g/mol. The normalized spacial score (nSPS) is 11.4. The topological polar surface area (TPSA) is 52.1 Å². The van der Waals surface area contributed by atoms with Gasteiger partial charge in [0.1, 0.15) is 11.0 Å². The summed E-state index contributed by atoms with van der Waals surface area (Å²) in [6.45, 7) is 0. The summed E-state index contributed by atoms with van der Waals surface area (Å²) in [7, 11) is 0. The maximum Gasteiger partial charge on any atom is 0.227 e. The van der Waals surface area contributed by atoms with Crippen LogP contribution < -0.4 is 0 Å². The average molecular weight is 420 g/mol. The van der Waals surface area contributed by atoms with Crippen LogP contribution in [-0.2, 0) is 0 Å². The zero-order valence-electron chi connectivity index (χ0n) is 16.4. The third-order valence-electron chi connectivity index (χ3n) is 5.03. The Morgan fingerprint density at radius 2 is 0.903 bits per heavy atom. The molecule has 0 amide bonds. The molecule has 2 aromatic heterocycles. The fraction of sp³-hybridized carbons (Fsp3) is 0. The van der Waals surface area contributed by atoms with Gasteiger partial charge < -0.3 is 8.83 Å². The molecule has 0 spiro atoms. The van der Waals surface area contributed by atoms with E-state index in [-0.39, 0.29) is 0 Å². The number of hydrogen-bond donors (Lipinski definition) is 0. The molecule has 0 radical (unpaired) electrons. The second-order valence-electron chi connectivity index (χ2n) is 7.12. The first-order valence-corrected chi connectivity index (χ1v) is 10.7. The molecule has 0 unspecified atom stereocenters. The summed E-state index contributed by atoms with van der Waals surface area (Å²) in [5.41, 5.74) is 5.27. The van der Waals surface area contributed by atoms with Crippen LogP contribution in [0.1, 0.15) is 0 Å². The number of rotatable bonds is 4. The Balaban J connectivity index is 1.20. The lowest BCUT2D eigenvalue weighted by atomic mass is 10.2. The summed E-state index contributed by atoms with van der Waals surface area (Å²) < 4.78 is 11.7. The van der Waals surface area contributed by atoms with E-state index >= 15 is 0 Å². The standard InChI is InChI=1S/C26H16N2O2S/c1-3-7-23-21(5-1)27-25(29-23)17-9-13-19(14-10-17)31-20-15-11-18(12-16-20)26-28-22-6-2-4-8-24(22)30-26/h1-16H. The van der Waals surface area contributed by atoms with Crippen LogP contribution in [0.2, 0.25) is 0 Å². The third-order valence-corrected chi connectivity index (χ3v) is 6.04. The fourth-order valence-corrected chi connectivity index (χ4v) is 4.28. The lowest BCUT2D eigenvalue weighted by Gasteiger charge is -2.03. The minimum absolute atomic E-state index is 0.639.